The molecule has 1 heterocycles. The van der Waals surface area contributed by atoms with Crippen LogP contribution in [0.25, 0.3) is 0 Å². The van der Waals surface area contributed by atoms with Crippen LogP contribution in [0, 0.1) is 11.8 Å². The molecule has 1 aliphatic carbocycles. The molecule has 3 rings (SSSR count). The van der Waals surface area contributed by atoms with E-state index in [0.717, 1.165) is 10.9 Å². The van der Waals surface area contributed by atoms with Crippen molar-refractivity contribution in [2.75, 3.05) is 0 Å². The van der Waals surface area contributed by atoms with Gasteiger partial charge in [-0.25, -0.2) is 0 Å². The Labute approximate surface area is 144 Å². The second kappa shape index (κ2) is 6.55. The zero-order valence-corrected chi connectivity index (χ0v) is 15.2. The molecule has 1 aromatic heterocycles. The molecule has 0 bridgehead atoms. The van der Waals surface area contributed by atoms with Crippen LogP contribution in [0.1, 0.15) is 42.7 Å². The van der Waals surface area contributed by atoms with Crippen molar-refractivity contribution in [3.8, 4) is 0 Å². The molecular formula is C18H20BrNOS. The Balaban J connectivity index is 1.64. The number of hydrogen-bond acceptors (Lipinski definition) is 2. The lowest BCUT2D eigenvalue weighted by molar-refractivity contribution is -0.123. The van der Waals surface area contributed by atoms with Crippen LogP contribution in [0.15, 0.2) is 46.3 Å². The van der Waals surface area contributed by atoms with Gasteiger partial charge in [0.05, 0.1) is 6.04 Å². The first-order chi connectivity index (χ1) is 10.6. The topological polar surface area (TPSA) is 29.1 Å². The summed E-state index contributed by atoms with van der Waals surface area (Å²) in [5, 5.41) is 5.32. The minimum absolute atomic E-state index is 0.124. The molecule has 2 nitrogen and oxygen atoms in total. The Morgan fingerprint density at radius 2 is 2.00 bits per heavy atom. The number of rotatable bonds is 5. The first-order valence-corrected chi connectivity index (χ1v) is 9.32. The second-order valence-electron chi connectivity index (χ2n) is 6.25. The van der Waals surface area contributed by atoms with Crippen LogP contribution in [-0.4, -0.2) is 5.91 Å². The summed E-state index contributed by atoms with van der Waals surface area (Å²) in [6.45, 7) is 4.31. The quantitative estimate of drug-likeness (QED) is 0.768. The van der Waals surface area contributed by atoms with Gasteiger partial charge in [-0.2, -0.15) is 0 Å². The Hall–Kier alpha value is -1.13. The molecule has 3 atom stereocenters. The summed E-state index contributed by atoms with van der Waals surface area (Å²) in [5.41, 5.74) is 1.26. The van der Waals surface area contributed by atoms with Crippen molar-refractivity contribution in [2.24, 2.45) is 11.8 Å². The molecule has 0 spiro atoms. The van der Waals surface area contributed by atoms with Gasteiger partial charge < -0.3 is 5.32 Å². The van der Waals surface area contributed by atoms with Gasteiger partial charge in [0.2, 0.25) is 5.91 Å². The van der Waals surface area contributed by atoms with Crippen LogP contribution in [0.2, 0.25) is 0 Å². The predicted molar refractivity (Wildman–Crippen MR) is 95.0 cm³/mol. The van der Waals surface area contributed by atoms with Gasteiger partial charge in [-0.1, -0.05) is 48.0 Å². The molecule has 4 heteroatoms. The third-order valence-corrected chi connectivity index (χ3v) is 5.72. The molecule has 2 aromatic rings. The average molecular weight is 378 g/mol. The molecule has 1 aromatic carbocycles. The summed E-state index contributed by atoms with van der Waals surface area (Å²) in [5.74, 6) is 1.10. The lowest BCUT2D eigenvalue weighted by atomic mass is 10.0. The molecule has 1 N–H and O–H groups in total. The van der Waals surface area contributed by atoms with Crippen LogP contribution in [0.3, 0.4) is 0 Å². The fourth-order valence-corrected chi connectivity index (χ4v) is 4.07. The van der Waals surface area contributed by atoms with E-state index < -0.39 is 0 Å². The molecule has 1 fully saturated rings. The summed E-state index contributed by atoms with van der Waals surface area (Å²) < 4.78 is 1.08. The number of benzene rings is 1. The molecule has 0 saturated heterocycles. The predicted octanol–water partition coefficient (Wildman–Crippen LogP) is 5.13. The summed E-state index contributed by atoms with van der Waals surface area (Å²) >= 11 is 5.16. The van der Waals surface area contributed by atoms with E-state index in [0.29, 0.717) is 11.8 Å². The van der Waals surface area contributed by atoms with Gasteiger partial charge in [0.15, 0.2) is 0 Å². The molecule has 1 saturated carbocycles. The minimum atomic E-state index is 0.124. The van der Waals surface area contributed by atoms with Crippen molar-refractivity contribution in [3.05, 3.63) is 56.7 Å². The van der Waals surface area contributed by atoms with Crippen LogP contribution in [0.4, 0.5) is 0 Å². The molecule has 116 valence electrons. The maximum absolute atomic E-state index is 12.6. The zero-order valence-electron chi connectivity index (χ0n) is 12.8. The molecular weight excluding hydrogens is 358 g/mol. The fraction of sp³-hybridized carbons (Fsp3) is 0.389. The average Bonchev–Trinajstić information content (AvgIpc) is 3.11. The highest BCUT2D eigenvalue weighted by atomic mass is 79.9. The van der Waals surface area contributed by atoms with E-state index >= 15 is 0 Å². The standard InChI is InChI=1S/C18H20BrNOS/c1-11(2)17(16-4-3-9-22-16)20-18(21)15-10-14(15)12-5-7-13(19)8-6-12/h3-9,11,14-15,17H,10H2,1-2H3,(H,20,21). The highest BCUT2D eigenvalue weighted by Gasteiger charge is 2.44. The van der Waals surface area contributed by atoms with Gasteiger partial charge in [-0.3, -0.25) is 4.79 Å². The number of halogens is 1. The first-order valence-electron chi connectivity index (χ1n) is 7.65. The summed E-state index contributed by atoms with van der Waals surface area (Å²) in [4.78, 5) is 13.8. The van der Waals surface area contributed by atoms with E-state index in [-0.39, 0.29) is 17.9 Å². The highest BCUT2D eigenvalue weighted by Crippen LogP contribution is 2.48. The van der Waals surface area contributed by atoms with Crippen LogP contribution in [-0.2, 0) is 4.79 Å². The highest BCUT2D eigenvalue weighted by molar-refractivity contribution is 9.10. The smallest absolute Gasteiger partial charge is 0.224 e. The summed E-state index contributed by atoms with van der Waals surface area (Å²) in [7, 11) is 0. The lowest BCUT2D eigenvalue weighted by Crippen LogP contribution is -2.32. The normalized spacial score (nSPS) is 21.6. The van der Waals surface area contributed by atoms with Crippen LogP contribution >= 0.6 is 27.3 Å². The van der Waals surface area contributed by atoms with Crippen LogP contribution in [0.5, 0.6) is 0 Å². The first kappa shape index (κ1) is 15.8. The SMILES string of the molecule is CC(C)C(NC(=O)C1CC1c1ccc(Br)cc1)c1cccs1. The van der Waals surface area contributed by atoms with Crippen molar-refractivity contribution in [1.29, 1.82) is 0 Å². The number of carbonyl (C=O) groups excluding carboxylic acids is 1. The number of hydrogen-bond donors (Lipinski definition) is 1. The molecule has 1 aliphatic rings. The van der Waals surface area contributed by atoms with E-state index in [1.54, 1.807) is 11.3 Å². The third kappa shape index (κ3) is 3.44. The third-order valence-electron chi connectivity index (χ3n) is 4.24. The van der Waals surface area contributed by atoms with Crippen molar-refractivity contribution in [2.45, 2.75) is 32.2 Å². The Bertz CT molecular complexity index is 636. The molecule has 1 amide bonds. The number of nitrogens with one attached hydrogen (secondary N) is 1. The molecule has 22 heavy (non-hydrogen) atoms. The van der Waals surface area contributed by atoms with Gasteiger partial charge in [-0.05, 0) is 47.4 Å². The summed E-state index contributed by atoms with van der Waals surface area (Å²) in [6, 6.07) is 12.6. The van der Waals surface area contributed by atoms with Gasteiger partial charge in [0, 0.05) is 15.3 Å². The number of thiophene rings is 1. The molecule has 0 aliphatic heterocycles. The van der Waals surface area contributed by atoms with Gasteiger partial charge in [0.25, 0.3) is 0 Å². The van der Waals surface area contributed by atoms with Crippen molar-refractivity contribution >= 4 is 33.2 Å². The molecule has 3 unspecified atom stereocenters. The van der Waals surface area contributed by atoms with Gasteiger partial charge >= 0.3 is 0 Å². The van der Waals surface area contributed by atoms with E-state index in [1.807, 2.05) is 18.2 Å². The number of carbonyl (C=O) groups is 1. The monoisotopic (exact) mass is 377 g/mol. The van der Waals surface area contributed by atoms with Crippen molar-refractivity contribution in [3.63, 3.8) is 0 Å². The van der Waals surface area contributed by atoms with Gasteiger partial charge in [0.1, 0.15) is 0 Å². The van der Waals surface area contributed by atoms with E-state index in [4.69, 9.17) is 0 Å². The van der Waals surface area contributed by atoms with Crippen molar-refractivity contribution < 1.29 is 4.79 Å². The second-order valence-corrected chi connectivity index (χ2v) is 8.14. The minimum Gasteiger partial charge on any atom is -0.348 e. The van der Waals surface area contributed by atoms with E-state index in [2.05, 4.69) is 58.7 Å². The zero-order chi connectivity index (χ0) is 15.7. The Morgan fingerprint density at radius 1 is 1.27 bits per heavy atom. The van der Waals surface area contributed by atoms with Gasteiger partial charge in [-0.15, -0.1) is 11.3 Å². The summed E-state index contributed by atoms with van der Waals surface area (Å²) in [6.07, 6.45) is 0.961. The largest absolute Gasteiger partial charge is 0.348 e. The Morgan fingerprint density at radius 3 is 2.59 bits per heavy atom. The number of amides is 1. The van der Waals surface area contributed by atoms with Crippen LogP contribution < -0.4 is 5.32 Å². The van der Waals surface area contributed by atoms with E-state index in [1.165, 1.54) is 10.4 Å². The van der Waals surface area contributed by atoms with Crippen molar-refractivity contribution in [1.82, 2.24) is 5.32 Å². The molecule has 0 radical (unpaired) electrons. The lowest BCUT2D eigenvalue weighted by Gasteiger charge is -2.21. The fourth-order valence-electron chi connectivity index (χ4n) is 2.86. The Kier molecular flexibility index (Phi) is 4.69. The van der Waals surface area contributed by atoms with E-state index in [9.17, 15) is 4.79 Å². The maximum atomic E-state index is 12.6. The maximum Gasteiger partial charge on any atom is 0.224 e.